The number of rotatable bonds is 3. The van der Waals surface area contributed by atoms with Crippen LogP contribution in [0.3, 0.4) is 0 Å². The third-order valence-electron chi connectivity index (χ3n) is 6.60. The molecule has 0 aromatic heterocycles. The molecule has 6 heteroatoms. The van der Waals surface area contributed by atoms with Gasteiger partial charge in [-0.25, -0.2) is 10.4 Å². The molecule has 0 bridgehead atoms. The Kier molecular flexibility index (Phi) is 4.95. The number of anilines is 2. The summed E-state index contributed by atoms with van der Waals surface area (Å²) < 4.78 is 0. The van der Waals surface area contributed by atoms with E-state index in [1.165, 1.54) is 19.3 Å². The topological polar surface area (TPSA) is 73.5 Å². The molecule has 3 N–H and O–H groups in total. The van der Waals surface area contributed by atoms with E-state index in [1.807, 2.05) is 49.4 Å². The quantitative estimate of drug-likeness (QED) is 0.730. The zero-order chi connectivity index (χ0) is 20.7. The Morgan fingerprint density at radius 1 is 1.07 bits per heavy atom. The van der Waals surface area contributed by atoms with E-state index >= 15 is 0 Å². The van der Waals surface area contributed by atoms with Gasteiger partial charge in [0.25, 0.3) is 5.91 Å². The second-order valence-corrected chi connectivity index (χ2v) is 8.71. The smallest absolute Gasteiger partial charge is 0.251 e. The highest BCUT2D eigenvalue weighted by Gasteiger charge is 2.44. The zero-order valence-corrected chi connectivity index (χ0v) is 17.3. The first-order valence-corrected chi connectivity index (χ1v) is 11.0. The van der Waals surface area contributed by atoms with Gasteiger partial charge in [-0.15, -0.1) is 0 Å². The lowest BCUT2D eigenvalue weighted by Gasteiger charge is -2.28. The van der Waals surface area contributed by atoms with E-state index in [0.29, 0.717) is 12.1 Å². The molecule has 2 amide bonds. The third kappa shape index (κ3) is 3.45. The highest BCUT2D eigenvalue weighted by Crippen LogP contribution is 2.40. The molecule has 1 saturated heterocycles. The number of benzene rings is 2. The number of nitrogens with one attached hydrogen (secondary N) is 3. The fraction of sp³-hybridized carbons (Fsp3) is 0.417. The summed E-state index contributed by atoms with van der Waals surface area (Å²) in [6.07, 6.45) is 5.75. The van der Waals surface area contributed by atoms with E-state index < -0.39 is 0 Å². The molecule has 156 valence electrons. The summed E-state index contributed by atoms with van der Waals surface area (Å²) in [5.74, 6) is -0.166. The van der Waals surface area contributed by atoms with Crippen molar-refractivity contribution in [2.24, 2.45) is 5.92 Å². The van der Waals surface area contributed by atoms with Gasteiger partial charge in [0, 0.05) is 23.8 Å². The SMILES string of the molecule is Cc1ccc(N2NC3c4cc(C(=O)NC5CCCCC5)ccc4NCC3C2=O)cc1. The van der Waals surface area contributed by atoms with E-state index in [-0.39, 0.29) is 29.8 Å². The van der Waals surface area contributed by atoms with E-state index in [9.17, 15) is 9.59 Å². The van der Waals surface area contributed by atoms with Crippen molar-refractivity contribution in [3.63, 3.8) is 0 Å². The molecular formula is C24H28N4O2. The molecule has 3 aliphatic rings. The van der Waals surface area contributed by atoms with E-state index in [0.717, 1.165) is 35.3 Å². The first kappa shape index (κ1) is 19.1. The van der Waals surface area contributed by atoms with Gasteiger partial charge in [-0.3, -0.25) is 9.59 Å². The second-order valence-electron chi connectivity index (χ2n) is 8.71. The minimum atomic E-state index is -0.199. The Balaban J connectivity index is 1.39. The molecule has 2 aromatic carbocycles. The van der Waals surface area contributed by atoms with Crippen molar-refractivity contribution in [3.8, 4) is 0 Å². The minimum absolute atomic E-state index is 0.0217. The first-order valence-electron chi connectivity index (χ1n) is 11.0. The number of amides is 2. The van der Waals surface area contributed by atoms with Crippen LogP contribution in [0.2, 0.25) is 0 Å². The number of hydrazine groups is 1. The number of hydrogen-bond donors (Lipinski definition) is 3. The summed E-state index contributed by atoms with van der Waals surface area (Å²) in [6, 6.07) is 13.8. The molecule has 0 radical (unpaired) electrons. The molecule has 0 spiro atoms. The molecular weight excluding hydrogens is 376 g/mol. The Bertz CT molecular complexity index is 966. The maximum absolute atomic E-state index is 13.1. The summed E-state index contributed by atoms with van der Waals surface area (Å²) >= 11 is 0. The average molecular weight is 405 g/mol. The largest absolute Gasteiger partial charge is 0.384 e. The molecule has 6 nitrogen and oxygen atoms in total. The maximum Gasteiger partial charge on any atom is 0.251 e. The molecule has 30 heavy (non-hydrogen) atoms. The van der Waals surface area contributed by atoms with Crippen LogP contribution in [0.15, 0.2) is 42.5 Å². The molecule has 2 aliphatic heterocycles. The second kappa shape index (κ2) is 7.76. The molecule has 1 aliphatic carbocycles. The zero-order valence-electron chi connectivity index (χ0n) is 17.3. The summed E-state index contributed by atoms with van der Waals surface area (Å²) in [6.45, 7) is 2.61. The van der Waals surface area contributed by atoms with Crippen LogP contribution >= 0.6 is 0 Å². The summed E-state index contributed by atoms with van der Waals surface area (Å²) in [7, 11) is 0. The molecule has 1 saturated carbocycles. The Morgan fingerprint density at radius 2 is 1.83 bits per heavy atom. The van der Waals surface area contributed by atoms with Gasteiger partial charge in [0.05, 0.1) is 17.6 Å². The predicted octanol–water partition coefficient (Wildman–Crippen LogP) is 3.69. The monoisotopic (exact) mass is 404 g/mol. The van der Waals surface area contributed by atoms with E-state index in [4.69, 9.17) is 0 Å². The van der Waals surface area contributed by atoms with Crippen molar-refractivity contribution in [2.45, 2.75) is 51.1 Å². The maximum atomic E-state index is 13.1. The van der Waals surface area contributed by atoms with E-state index in [1.54, 1.807) is 5.01 Å². The van der Waals surface area contributed by atoms with Crippen LogP contribution in [-0.4, -0.2) is 24.4 Å². The number of hydrogen-bond acceptors (Lipinski definition) is 4. The Morgan fingerprint density at radius 3 is 2.60 bits per heavy atom. The number of aryl methyl sites for hydroxylation is 1. The van der Waals surface area contributed by atoms with Crippen molar-refractivity contribution < 1.29 is 9.59 Å². The van der Waals surface area contributed by atoms with Crippen LogP contribution in [0.1, 0.15) is 59.6 Å². The molecule has 2 aromatic rings. The van der Waals surface area contributed by atoms with Gasteiger partial charge in [0.15, 0.2) is 0 Å². The Hall–Kier alpha value is -2.86. The number of carbonyl (C=O) groups is 2. The lowest BCUT2D eigenvalue weighted by atomic mass is 9.88. The number of fused-ring (bicyclic) bond motifs is 3. The lowest BCUT2D eigenvalue weighted by Crippen LogP contribution is -2.36. The van der Waals surface area contributed by atoms with Gasteiger partial charge in [-0.2, -0.15) is 0 Å². The van der Waals surface area contributed by atoms with Crippen molar-refractivity contribution >= 4 is 23.2 Å². The summed E-state index contributed by atoms with van der Waals surface area (Å²) in [4.78, 5) is 25.9. The predicted molar refractivity (Wildman–Crippen MR) is 117 cm³/mol. The van der Waals surface area contributed by atoms with Crippen molar-refractivity contribution in [3.05, 3.63) is 59.2 Å². The van der Waals surface area contributed by atoms with Crippen molar-refractivity contribution in [1.29, 1.82) is 0 Å². The van der Waals surface area contributed by atoms with Crippen LogP contribution in [0.25, 0.3) is 0 Å². The van der Waals surface area contributed by atoms with Gasteiger partial charge < -0.3 is 10.6 Å². The average Bonchev–Trinajstić information content (AvgIpc) is 3.11. The molecule has 5 rings (SSSR count). The van der Waals surface area contributed by atoms with Crippen LogP contribution in [0.4, 0.5) is 11.4 Å². The van der Waals surface area contributed by atoms with Crippen molar-refractivity contribution in [1.82, 2.24) is 10.7 Å². The van der Waals surface area contributed by atoms with Crippen LogP contribution in [0.5, 0.6) is 0 Å². The van der Waals surface area contributed by atoms with Crippen LogP contribution < -0.4 is 21.1 Å². The fourth-order valence-corrected chi connectivity index (χ4v) is 4.85. The summed E-state index contributed by atoms with van der Waals surface area (Å²) in [5.41, 5.74) is 8.01. The van der Waals surface area contributed by atoms with Gasteiger partial charge in [0.1, 0.15) is 0 Å². The Labute approximate surface area is 177 Å². The van der Waals surface area contributed by atoms with Gasteiger partial charge in [0.2, 0.25) is 5.91 Å². The van der Waals surface area contributed by atoms with Gasteiger partial charge >= 0.3 is 0 Å². The van der Waals surface area contributed by atoms with E-state index in [2.05, 4.69) is 16.1 Å². The minimum Gasteiger partial charge on any atom is -0.384 e. The standard InChI is InChI=1S/C24H28N4O2/c1-15-7-10-18(11-8-15)28-24(30)20-14-25-21-12-9-16(13-19(21)22(20)27-28)23(29)26-17-5-3-2-4-6-17/h7-13,17,20,22,25,27H,2-6,14H2,1H3,(H,26,29). The van der Waals surface area contributed by atoms with Crippen LogP contribution in [0, 0.1) is 12.8 Å². The van der Waals surface area contributed by atoms with Gasteiger partial charge in [-0.1, -0.05) is 37.0 Å². The molecule has 2 unspecified atom stereocenters. The third-order valence-corrected chi connectivity index (χ3v) is 6.60. The lowest BCUT2D eigenvalue weighted by molar-refractivity contribution is -0.120. The van der Waals surface area contributed by atoms with Crippen LogP contribution in [-0.2, 0) is 4.79 Å². The number of nitrogens with zero attached hydrogens (tertiary/aromatic N) is 1. The fourth-order valence-electron chi connectivity index (χ4n) is 4.85. The highest BCUT2D eigenvalue weighted by molar-refractivity contribution is 5.99. The van der Waals surface area contributed by atoms with Gasteiger partial charge in [-0.05, 0) is 55.7 Å². The van der Waals surface area contributed by atoms with Crippen molar-refractivity contribution in [2.75, 3.05) is 16.9 Å². The summed E-state index contributed by atoms with van der Waals surface area (Å²) in [5, 5.41) is 8.22. The molecule has 2 fully saturated rings. The normalized spacial score (nSPS) is 23.5. The highest BCUT2D eigenvalue weighted by atomic mass is 16.2. The molecule has 2 atom stereocenters. The first-order chi connectivity index (χ1) is 14.6. The molecule has 2 heterocycles. The number of carbonyl (C=O) groups excluding carboxylic acids is 2.